The number of aliphatic hydroxyl groups excluding tert-OH is 1. The number of fused-ring (bicyclic) bond motifs is 1. The monoisotopic (exact) mass is 570 g/mol. The molecule has 0 unspecified atom stereocenters. The van der Waals surface area contributed by atoms with E-state index in [2.05, 4.69) is 0 Å². The second-order valence-corrected chi connectivity index (χ2v) is 11.0. The fourth-order valence-corrected chi connectivity index (χ4v) is 5.56. The Kier molecular flexibility index (Phi) is 8.83. The van der Waals surface area contributed by atoms with Crippen LogP contribution >= 0.6 is 0 Å². The summed E-state index contributed by atoms with van der Waals surface area (Å²) in [7, 11) is 3.93. The van der Waals surface area contributed by atoms with E-state index in [4.69, 9.17) is 14.2 Å². The molecule has 5 rings (SSSR count). The number of nitrogens with zero attached hydrogens (tertiary/aromatic N) is 2. The minimum Gasteiger partial charge on any atom is -0.507 e. The SMILES string of the molecule is CCOc1cc([C@@H]2C(=C(O)c3ccc4c(c3)C[C@@H](C)O4)C(=O)C(=O)N2CCCN(C)C)ccc1OCc1ccccc1. The predicted molar refractivity (Wildman–Crippen MR) is 161 cm³/mol. The third-order valence-corrected chi connectivity index (χ3v) is 7.53. The highest BCUT2D eigenvalue weighted by Gasteiger charge is 2.46. The van der Waals surface area contributed by atoms with Gasteiger partial charge >= 0.3 is 0 Å². The van der Waals surface area contributed by atoms with Gasteiger partial charge in [-0.05, 0) is 87.9 Å². The van der Waals surface area contributed by atoms with E-state index in [1.807, 2.05) is 87.4 Å². The van der Waals surface area contributed by atoms with Crippen molar-refractivity contribution in [1.29, 1.82) is 0 Å². The van der Waals surface area contributed by atoms with Crippen LogP contribution in [0.2, 0.25) is 0 Å². The molecule has 0 aromatic heterocycles. The van der Waals surface area contributed by atoms with Crippen LogP contribution in [-0.2, 0) is 22.6 Å². The number of carbonyl (C=O) groups is 2. The zero-order valence-corrected chi connectivity index (χ0v) is 24.6. The minimum atomic E-state index is -0.780. The van der Waals surface area contributed by atoms with Crippen molar-refractivity contribution in [3.05, 3.63) is 94.6 Å². The molecule has 0 bridgehead atoms. The summed E-state index contributed by atoms with van der Waals surface area (Å²) < 4.78 is 17.9. The average molecular weight is 571 g/mol. The number of Topliss-reactive ketones (excluding diaryl/α,β-unsaturated/α-hetero) is 1. The maximum atomic E-state index is 13.5. The van der Waals surface area contributed by atoms with E-state index >= 15 is 0 Å². The van der Waals surface area contributed by atoms with Crippen molar-refractivity contribution in [3.63, 3.8) is 0 Å². The maximum absolute atomic E-state index is 13.5. The lowest BCUT2D eigenvalue weighted by Crippen LogP contribution is -2.32. The van der Waals surface area contributed by atoms with E-state index in [9.17, 15) is 14.7 Å². The molecule has 8 nitrogen and oxygen atoms in total. The zero-order valence-electron chi connectivity index (χ0n) is 24.6. The summed E-state index contributed by atoms with van der Waals surface area (Å²) in [6.45, 7) is 5.75. The molecule has 1 N–H and O–H groups in total. The van der Waals surface area contributed by atoms with Crippen molar-refractivity contribution < 1.29 is 28.9 Å². The van der Waals surface area contributed by atoms with Crippen molar-refractivity contribution in [1.82, 2.24) is 9.80 Å². The number of amides is 1. The lowest BCUT2D eigenvalue weighted by Gasteiger charge is -2.26. The van der Waals surface area contributed by atoms with Crippen molar-refractivity contribution in [2.24, 2.45) is 0 Å². The number of carbonyl (C=O) groups excluding carboxylic acids is 2. The largest absolute Gasteiger partial charge is 0.507 e. The summed E-state index contributed by atoms with van der Waals surface area (Å²) in [4.78, 5) is 30.5. The Hall–Kier alpha value is -4.30. The van der Waals surface area contributed by atoms with Gasteiger partial charge in [0.05, 0.1) is 18.2 Å². The van der Waals surface area contributed by atoms with E-state index in [0.29, 0.717) is 55.2 Å². The topological polar surface area (TPSA) is 88.5 Å². The zero-order chi connectivity index (χ0) is 29.8. The van der Waals surface area contributed by atoms with Crippen LogP contribution in [0.3, 0.4) is 0 Å². The van der Waals surface area contributed by atoms with Gasteiger partial charge in [0.25, 0.3) is 11.7 Å². The third-order valence-electron chi connectivity index (χ3n) is 7.53. The molecule has 220 valence electrons. The molecule has 3 aromatic rings. The van der Waals surface area contributed by atoms with Crippen LogP contribution in [0.4, 0.5) is 0 Å². The molecular weight excluding hydrogens is 532 g/mol. The molecule has 2 atom stereocenters. The molecule has 0 radical (unpaired) electrons. The normalized spacial score (nSPS) is 19.2. The molecule has 0 spiro atoms. The maximum Gasteiger partial charge on any atom is 0.295 e. The standard InChI is InChI=1S/C34H38N2O6/c1-5-40-29-20-24(12-15-28(29)41-21-23-10-7-6-8-11-23)31-30(33(38)34(39)36(31)17-9-16-35(3)4)32(37)25-13-14-27-26(19-25)18-22(2)42-27/h6-8,10-15,19-20,22,31,37H,5,9,16-18,21H2,1-4H3/t22-,31-/m1/s1. The highest BCUT2D eigenvalue weighted by molar-refractivity contribution is 6.46. The molecule has 2 heterocycles. The summed E-state index contributed by atoms with van der Waals surface area (Å²) in [5.74, 6) is 0.316. The first-order valence-corrected chi connectivity index (χ1v) is 14.4. The fraction of sp³-hybridized carbons (Fsp3) is 0.353. The highest BCUT2D eigenvalue weighted by Crippen LogP contribution is 2.43. The number of aliphatic hydroxyl groups is 1. The van der Waals surface area contributed by atoms with Crippen LogP contribution in [0.25, 0.3) is 5.76 Å². The van der Waals surface area contributed by atoms with Crippen LogP contribution < -0.4 is 14.2 Å². The summed E-state index contributed by atoms with van der Waals surface area (Å²) in [6, 6.07) is 19.9. The lowest BCUT2D eigenvalue weighted by atomic mass is 9.94. The Morgan fingerprint density at radius 1 is 1.02 bits per heavy atom. The Morgan fingerprint density at radius 3 is 2.55 bits per heavy atom. The number of ketones is 1. The van der Waals surface area contributed by atoms with Gasteiger partial charge in [-0.1, -0.05) is 36.4 Å². The Labute approximate surface area is 247 Å². The van der Waals surface area contributed by atoms with E-state index in [-0.39, 0.29) is 17.4 Å². The number of rotatable bonds is 11. The van der Waals surface area contributed by atoms with Gasteiger partial charge in [-0.15, -0.1) is 0 Å². The molecule has 42 heavy (non-hydrogen) atoms. The van der Waals surface area contributed by atoms with Gasteiger partial charge in [0.15, 0.2) is 11.5 Å². The van der Waals surface area contributed by atoms with Gasteiger partial charge in [-0.2, -0.15) is 0 Å². The quantitative estimate of drug-likeness (QED) is 0.189. The van der Waals surface area contributed by atoms with Crippen LogP contribution in [0.5, 0.6) is 17.2 Å². The van der Waals surface area contributed by atoms with E-state index < -0.39 is 17.7 Å². The third kappa shape index (κ3) is 6.14. The van der Waals surface area contributed by atoms with Crippen molar-refractivity contribution in [3.8, 4) is 17.2 Å². The van der Waals surface area contributed by atoms with Gasteiger partial charge in [0.2, 0.25) is 0 Å². The number of likely N-dealkylation sites (tertiary alicyclic amines) is 1. The highest BCUT2D eigenvalue weighted by atomic mass is 16.5. The molecule has 0 saturated carbocycles. The predicted octanol–water partition coefficient (Wildman–Crippen LogP) is 5.36. The van der Waals surface area contributed by atoms with Gasteiger partial charge < -0.3 is 29.1 Å². The van der Waals surface area contributed by atoms with Gasteiger partial charge in [-0.3, -0.25) is 9.59 Å². The summed E-state index contributed by atoms with van der Waals surface area (Å²) in [5, 5.41) is 11.6. The van der Waals surface area contributed by atoms with E-state index in [0.717, 1.165) is 23.4 Å². The van der Waals surface area contributed by atoms with Crippen molar-refractivity contribution in [2.45, 2.75) is 45.4 Å². The molecule has 1 saturated heterocycles. The molecule has 3 aromatic carbocycles. The van der Waals surface area contributed by atoms with Crippen LogP contribution in [0.15, 0.2) is 72.3 Å². The molecule has 1 amide bonds. The van der Waals surface area contributed by atoms with Crippen molar-refractivity contribution in [2.75, 3.05) is 33.8 Å². The Bertz CT molecular complexity index is 1480. The van der Waals surface area contributed by atoms with Crippen LogP contribution in [-0.4, -0.2) is 66.5 Å². The molecule has 1 fully saturated rings. The first-order valence-electron chi connectivity index (χ1n) is 14.4. The Morgan fingerprint density at radius 2 is 1.81 bits per heavy atom. The van der Waals surface area contributed by atoms with E-state index in [1.54, 1.807) is 17.0 Å². The van der Waals surface area contributed by atoms with Gasteiger partial charge in [0.1, 0.15) is 24.2 Å². The van der Waals surface area contributed by atoms with Gasteiger partial charge in [-0.25, -0.2) is 0 Å². The summed E-state index contributed by atoms with van der Waals surface area (Å²) in [5.41, 5.74) is 3.19. The first-order chi connectivity index (χ1) is 20.3. The first kappa shape index (κ1) is 29.2. The Balaban J connectivity index is 1.54. The van der Waals surface area contributed by atoms with Crippen molar-refractivity contribution >= 4 is 17.4 Å². The fourth-order valence-electron chi connectivity index (χ4n) is 5.56. The second kappa shape index (κ2) is 12.7. The molecular formula is C34H38N2O6. The molecule has 8 heteroatoms. The minimum absolute atomic E-state index is 0.0410. The van der Waals surface area contributed by atoms with Gasteiger partial charge in [0, 0.05) is 18.5 Å². The smallest absolute Gasteiger partial charge is 0.295 e. The lowest BCUT2D eigenvalue weighted by molar-refractivity contribution is -0.139. The second-order valence-electron chi connectivity index (χ2n) is 11.0. The number of ether oxygens (including phenoxy) is 3. The summed E-state index contributed by atoms with van der Waals surface area (Å²) >= 11 is 0. The number of hydrogen-bond donors (Lipinski definition) is 1. The van der Waals surface area contributed by atoms with E-state index in [1.165, 1.54) is 0 Å². The molecule has 2 aliphatic rings. The number of hydrogen-bond acceptors (Lipinski definition) is 7. The average Bonchev–Trinajstić information content (AvgIpc) is 3.47. The van der Waals surface area contributed by atoms with Crippen LogP contribution in [0, 0.1) is 0 Å². The van der Waals surface area contributed by atoms with Crippen LogP contribution in [0.1, 0.15) is 48.6 Å². The number of benzene rings is 3. The molecule has 2 aliphatic heterocycles. The summed E-state index contributed by atoms with van der Waals surface area (Å²) in [6.07, 6.45) is 1.42. The molecule has 0 aliphatic carbocycles.